The first-order chi connectivity index (χ1) is 10.0. The number of hydrogen-bond acceptors (Lipinski definition) is 4. The smallest absolute Gasteiger partial charge is 0.260 e. The van der Waals surface area contributed by atoms with Gasteiger partial charge in [0.05, 0.1) is 6.20 Å². The summed E-state index contributed by atoms with van der Waals surface area (Å²) < 4.78 is 25.7. The second-order valence-corrected chi connectivity index (χ2v) is 6.36. The molecule has 1 aromatic carbocycles. The molecule has 110 valence electrons. The molecule has 0 amide bonds. The molecule has 6 nitrogen and oxygen atoms in total. The van der Waals surface area contributed by atoms with E-state index in [1.165, 1.54) is 23.6 Å². The molecule has 0 atom stereocenters. The highest BCUT2D eigenvalue weighted by atomic mass is 32.2. The lowest BCUT2D eigenvalue weighted by Crippen LogP contribution is -2.26. The molecule has 0 bridgehead atoms. The number of aliphatic hydroxyl groups excluding tert-OH is 1. The van der Waals surface area contributed by atoms with E-state index in [2.05, 4.69) is 22.0 Å². The third-order valence-electron chi connectivity index (χ3n) is 2.81. The summed E-state index contributed by atoms with van der Waals surface area (Å²) in [7, 11) is -2.08. The normalized spacial score (nSPS) is 11.2. The summed E-state index contributed by atoms with van der Waals surface area (Å²) in [6.45, 7) is 0.00827. The Labute approximate surface area is 123 Å². The molecule has 0 fully saturated rings. The van der Waals surface area contributed by atoms with Crippen LogP contribution >= 0.6 is 0 Å². The van der Waals surface area contributed by atoms with Crippen molar-refractivity contribution >= 4 is 10.0 Å². The molecule has 0 aliphatic carbocycles. The number of nitrogens with zero attached hydrogens (tertiary/aromatic N) is 2. The molecule has 7 heteroatoms. The molecule has 0 unspecified atom stereocenters. The number of aliphatic hydroxyl groups is 1. The van der Waals surface area contributed by atoms with E-state index in [0.29, 0.717) is 0 Å². The fraction of sp³-hybridized carbons (Fsp3) is 0.214. The first kappa shape index (κ1) is 15.3. The molecule has 2 rings (SSSR count). The van der Waals surface area contributed by atoms with Crippen molar-refractivity contribution in [2.24, 2.45) is 0 Å². The molecular formula is C14H15N3O3S. The van der Waals surface area contributed by atoms with E-state index in [4.69, 9.17) is 5.11 Å². The summed E-state index contributed by atoms with van der Waals surface area (Å²) in [4.78, 5) is 0. The Morgan fingerprint density at radius 3 is 2.86 bits per heavy atom. The van der Waals surface area contributed by atoms with Crippen molar-refractivity contribution < 1.29 is 13.5 Å². The Bertz CT molecular complexity index is 758. The molecule has 0 radical (unpaired) electrons. The minimum absolute atomic E-state index is 0.0567. The Hall–Kier alpha value is -2.14. The Kier molecular flexibility index (Phi) is 4.75. The molecule has 1 aromatic heterocycles. The van der Waals surface area contributed by atoms with E-state index in [1.54, 1.807) is 18.2 Å². The minimum Gasteiger partial charge on any atom is -0.384 e. The average Bonchev–Trinajstić information content (AvgIpc) is 3.00. The SMILES string of the molecule is CN(Cc1cccc(C#CCO)c1)S(=O)(=O)c1ccn[nH]1. The van der Waals surface area contributed by atoms with Crippen LogP contribution in [0.1, 0.15) is 11.1 Å². The number of benzene rings is 1. The summed E-state index contributed by atoms with van der Waals surface area (Å²) in [6, 6.07) is 8.63. The second-order valence-electron chi connectivity index (χ2n) is 4.34. The summed E-state index contributed by atoms with van der Waals surface area (Å²) in [5, 5.41) is 14.8. The van der Waals surface area contributed by atoms with E-state index < -0.39 is 10.0 Å². The van der Waals surface area contributed by atoms with Crippen molar-refractivity contribution in [3.05, 3.63) is 47.7 Å². The van der Waals surface area contributed by atoms with E-state index in [0.717, 1.165) is 11.1 Å². The zero-order valence-electron chi connectivity index (χ0n) is 11.4. The summed E-state index contributed by atoms with van der Waals surface area (Å²) in [5.41, 5.74) is 1.54. The van der Waals surface area contributed by atoms with Crippen molar-refractivity contribution in [2.75, 3.05) is 13.7 Å². The fourth-order valence-corrected chi connectivity index (χ4v) is 2.84. The molecule has 0 saturated heterocycles. The van der Waals surface area contributed by atoms with Crippen LogP contribution in [0.2, 0.25) is 0 Å². The molecule has 0 aliphatic heterocycles. The van der Waals surface area contributed by atoms with Crippen LogP contribution in [0.25, 0.3) is 0 Å². The van der Waals surface area contributed by atoms with E-state index in [1.807, 2.05) is 6.07 Å². The van der Waals surface area contributed by atoms with Gasteiger partial charge in [-0.25, -0.2) is 8.42 Å². The number of nitrogens with one attached hydrogen (secondary N) is 1. The zero-order valence-corrected chi connectivity index (χ0v) is 12.3. The predicted octanol–water partition coefficient (Wildman–Crippen LogP) is 0.574. The molecule has 0 spiro atoms. The zero-order chi connectivity index (χ0) is 15.3. The maximum Gasteiger partial charge on any atom is 0.260 e. The number of sulfonamides is 1. The Morgan fingerprint density at radius 2 is 2.19 bits per heavy atom. The summed E-state index contributed by atoms with van der Waals surface area (Å²) in [6.07, 6.45) is 1.39. The van der Waals surface area contributed by atoms with Gasteiger partial charge in [0.2, 0.25) is 0 Å². The van der Waals surface area contributed by atoms with Gasteiger partial charge in [-0.3, -0.25) is 5.10 Å². The quantitative estimate of drug-likeness (QED) is 0.809. The molecule has 1 heterocycles. The van der Waals surface area contributed by atoms with Crippen LogP contribution in [0.4, 0.5) is 0 Å². The molecule has 0 saturated carbocycles. The van der Waals surface area contributed by atoms with Crippen molar-refractivity contribution in [3.8, 4) is 11.8 Å². The third-order valence-corrected chi connectivity index (χ3v) is 4.54. The van der Waals surface area contributed by atoms with Gasteiger partial charge in [0.1, 0.15) is 6.61 Å². The van der Waals surface area contributed by atoms with Gasteiger partial charge < -0.3 is 5.11 Å². The maximum atomic E-state index is 12.2. The summed E-state index contributed by atoms with van der Waals surface area (Å²) >= 11 is 0. The van der Waals surface area contributed by atoms with E-state index in [-0.39, 0.29) is 18.2 Å². The lowest BCUT2D eigenvalue weighted by Gasteiger charge is -2.16. The van der Waals surface area contributed by atoms with Crippen LogP contribution < -0.4 is 0 Å². The maximum absolute atomic E-state index is 12.2. The van der Waals surface area contributed by atoms with Gasteiger partial charge in [-0.2, -0.15) is 9.40 Å². The lowest BCUT2D eigenvalue weighted by atomic mass is 10.1. The van der Waals surface area contributed by atoms with Gasteiger partial charge in [0, 0.05) is 19.2 Å². The number of aromatic nitrogens is 2. The van der Waals surface area contributed by atoms with Crippen LogP contribution in [0.5, 0.6) is 0 Å². The van der Waals surface area contributed by atoms with Gasteiger partial charge in [0.15, 0.2) is 5.03 Å². The van der Waals surface area contributed by atoms with Crippen LogP contribution in [0.3, 0.4) is 0 Å². The van der Waals surface area contributed by atoms with Crippen LogP contribution in [0.15, 0.2) is 41.6 Å². The highest BCUT2D eigenvalue weighted by Gasteiger charge is 2.22. The third kappa shape index (κ3) is 3.70. The fourth-order valence-electron chi connectivity index (χ4n) is 1.79. The number of hydrogen-bond donors (Lipinski definition) is 2. The Balaban J connectivity index is 2.18. The number of rotatable bonds is 4. The predicted molar refractivity (Wildman–Crippen MR) is 77.6 cm³/mol. The minimum atomic E-state index is -3.58. The molecule has 0 aliphatic rings. The highest BCUT2D eigenvalue weighted by Crippen LogP contribution is 2.14. The van der Waals surface area contributed by atoms with Crippen molar-refractivity contribution in [2.45, 2.75) is 11.6 Å². The van der Waals surface area contributed by atoms with Gasteiger partial charge in [0.25, 0.3) is 10.0 Å². The number of aromatic amines is 1. The van der Waals surface area contributed by atoms with E-state index >= 15 is 0 Å². The van der Waals surface area contributed by atoms with Gasteiger partial charge >= 0.3 is 0 Å². The summed E-state index contributed by atoms with van der Waals surface area (Å²) in [5.74, 6) is 5.35. The van der Waals surface area contributed by atoms with Crippen molar-refractivity contribution in [1.29, 1.82) is 0 Å². The van der Waals surface area contributed by atoms with Crippen LogP contribution in [-0.2, 0) is 16.6 Å². The largest absolute Gasteiger partial charge is 0.384 e. The van der Waals surface area contributed by atoms with Crippen molar-refractivity contribution in [1.82, 2.24) is 14.5 Å². The Morgan fingerprint density at radius 1 is 1.38 bits per heavy atom. The van der Waals surface area contributed by atoms with Crippen LogP contribution in [-0.4, -0.2) is 41.7 Å². The van der Waals surface area contributed by atoms with Gasteiger partial charge in [-0.15, -0.1) is 0 Å². The number of H-pyrrole nitrogens is 1. The van der Waals surface area contributed by atoms with E-state index in [9.17, 15) is 8.42 Å². The van der Waals surface area contributed by atoms with Crippen molar-refractivity contribution in [3.63, 3.8) is 0 Å². The highest BCUT2D eigenvalue weighted by molar-refractivity contribution is 7.89. The van der Waals surface area contributed by atoms with Gasteiger partial charge in [-0.1, -0.05) is 24.0 Å². The monoisotopic (exact) mass is 305 g/mol. The molecular weight excluding hydrogens is 290 g/mol. The molecule has 21 heavy (non-hydrogen) atoms. The first-order valence-electron chi connectivity index (χ1n) is 6.18. The first-order valence-corrected chi connectivity index (χ1v) is 7.62. The molecule has 2 N–H and O–H groups in total. The topological polar surface area (TPSA) is 86.3 Å². The lowest BCUT2D eigenvalue weighted by molar-refractivity contribution is 0.350. The second kappa shape index (κ2) is 6.54. The average molecular weight is 305 g/mol. The molecule has 2 aromatic rings. The van der Waals surface area contributed by atoms with Gasteiger partial charge in [-0.05, 0) is 23.8 Å². The standard InChI is InChI=1S/C14H15N3O3S/c1-17(21(19,20)14-7-8-15-16-14)11-13-5-2-4-12(10-13)6-3-9-18/h2,4-5,7-8,10,18H,9,11H2,1H3,(H,15,16). The van der Waals surface area contributed by atoms with Crippen LogP contribution in [0, 0.1) is 11.8 Å².